The summed E-state index contributed by atoms with van der Waals surface area (Å²) in [4.78, 5) is 0. The summed E-state index contributed by atoms with van der Waals surface area (Å²) in [6, 6.07) is 4.81. The minimum absolute atomic E-state index is 0.344. The largest absolute Gasteiger partial charge is 0.394 e. The Labute approximate surface area is 113 Å². The number of hydrogen-bond acceptors (Lipinski definition) is 3. The zero-order valence-electron chi connectivity index (χ0n) is 10.2. The number of aryl methyl sites for hydroxylation is 2. The van der Waals surface area contributed by atoms with Crippen LogP contribution in [0.15, 0.2) is 22.7 Å². The molecule has 0 fully saturated rings. The van der Waals surface area contributed by atoms with E-state index in [4.69, 9.17) is 5.73 Å². The molecule has 6 heteroatoms. The summed E-state index contributed by atoms with van der Waals surface area (Å²) in [7, 11) is 1.77. The van der Waals surface area contributed by atoms with E-state index < -0.39 is 0 Å². The average molecular weight is 313 g/mol. The molecule has 0 bridgehead atoms. The second kappa shape index (κ2) is 4.97. The van der Waals surface area contributed by atoms with Crippen molar-refractivity contribution in [3.05, 3.63) is 34.2 Å². The van der Waals surface area contributed by atoms with E-state index in [9.17, 15) is 4.39 Å². The summed E-state index contributed by atoms with van der Waals surface area (Å²) in [5, 5.41) is 7.24. The Kier molecular flexibility index (Phi) is 3.56. The summed E-state index contributed by atoms with van der Waals surface area (Å²) < 4.78 is 16.0. The van der Waals surface area contributed by atoms with Crippen LogP contribution in [0.25, 0.3) is 0 Å². The highest BCUT2D eigenvalue weighted by atomic mass is 79.9. The van der Waals surface area contributed by atoms with E-state index in [0.717, 1.165) is 12.1 Å². The van der Waals surface area contributed by atoms with Crippen molar-refractivity contribution in [2.24, 2.45) is 7.05 Å². The molecule has 0 unspecified atom stereocenters. The van der Waals surface area contributed by atoms with Gasteiger partial charge in [-0.15, -0.1) is 0 Å². The van der Waals surface area contributed by atoms with E-state index >= 15 is 0 Å². The molecule has 1 aromatic carbocycles. The van der Waals surface area contributed by atoms with Crippen LogP contribution in [-0.4, -0.2) is 9.78 Å². The minimum Gasteiger partial charge on any atom is -0.394 e. The van der Waals surface area contributed by atoms with Crippen molar-refractivity contribution in [2.75, 3.05) is 11.1 Å². The molecule has 0 atom stereocenters. The van der Waals surface area contributed by atoms with Crippen LogP contribution in [0.4, 0.5) is 21.6 Å². The zero-order valence-corrected chi connectivity index (χ0v) is 11.8. The predicted octanol–water partition coefficient (Wildman–Crippen LogP) is 3.21. The monoisotopic (exact) mass is 312 g/mol. The molecule has 96 valence electrons. The number of hydrogen-bond donors (Lipinski definition) is 2. The third kappa shape index (κ3) is 2.33. The van der Waals surface area contributed by atoms with Crippen LogP contribution < -0.4 is 11.1 Å². The molecule has 0 amide bonds. The highest BCUT2D eigenvalue weighted by Gasteiger charge is 2.13. The van der Waals surface area contributed by atoms with Crippen LogP contribution in [0.1, 0.15) is 12.6 Å². The topological polar surface area (TPSA) is 55.9 Å². The number of nitrogens with one attached hydrogen (secondary N) is 1. The normalized spacial score (nSPS) is 10.7. The third-order valence-corrected chi connectivity index (χ3v) is 3.17. The second-order valence-electron chi connectivity index (χ2n) is 3.94. The SMILES string of the molecule is CCc1nn(C)c(Nc2ccc(Br)cc2F)c1N. The number of rotatable bonds is 3. The second-order valence-corrected chi connectivity index (χ2v) is 4.85. The molecule has 0 aliphatic heterocycles. The molecule has 0 saturated carbocycles. The Morgan fingerprint density at radius 1 is 1.50 bits per heavy atom. The maximum atomic E-state index is 13.7. The standard InChI is InChI=1S/C12H14BrFN4/c1-3-9-11(15)12(18(2)17-9)16-10-5-4-7(13)6-8(10)14/h4-6,16H,3,15H2,1-2H3. The van der Waals surface area contributed by atoms with Crippen LogP contribution in [0.5, 0.6) is 0 Å². The van der Waals surface area contributed by atoms with Gasteiger partial charge in [0.15, 0.2) is 5.82 Å². The third-order valence-electron chi connectivity index (χ3n) is 2.68. The molecule has 1 aromatic heterocycles. The minimum atomic E-state index is -0.344. The van der Waals surface area contributed by atoms with Gasteiger partial charge in [0.05, 0.1) is 17.1 Å². The van der Waals surface area contributed by atoms with Gasteiger partial charge in [0.1, 0.15) is 5.82 Å². The van der Waals surface area contributed by atoms with Gasteiger partial charge >= 0.3 is 0 Å². The van der Waals surface area contributed by atoms with Crippen LogP contribution in [0.2, 0.25) is 0 Å². The number of aromatic nitrogens is 2. The molecular weight excluding hydrogens is 299 g/mol. The molecule has 0 saturated heterocycles. The van der Waals surface area contributed by atoms with E-state index in [1.54, 1.807) is 23.9 Å². The first-order chi connectivity index (χ1) is 8.52. The molecule has 3 N–H and O–H groups in total. The van der Waals surface area contributed by atoms with Crippen molar-refractivity contribution < 1.29 is 4.39 Å². The summed E-state index contributed by atoms with van der Waals surface area (Å²) in [6.45, 7) is 1.97. The van der Waals surface area contributed by atoms with Gasteiger partial charge in [-0.3, -0.25) is 4.68 Å². The number of nitrogens with two attached hydrogens (primary N) is 1. The Bertz CT molecular complexity index is 580. The first-order valence-corrected chi connectivity index (χ1v) is 6.35. The molecule has 1 heterocycles. The number of nitrogens with zero attached hydrogens (tertiary/aromatic N) is 2. The lowest BCUT2D eigenvalue weighted by Crippen LogP contribution is -2.02. The van der Waals surface area contributed by atoms with Gasteiger partial charge in [-0.1, -0.05) is 22.9 Å². The quantitative estimate of drug-likeness (QED) is 0.915. The maximum absolute atomic E-state index is 13.7. The number of benzene rings is 1. The molecule has 0 aliphatic carbocycles. The van der Waals surface area contributed by atoms with Gasteiger partial charge in [0, 0.05) is 11.5 Å². The highest BCUT2D eigenvalue weighted by molar-refractivity contribution is 9.10. The molecule has 0 aliphatic rings. The lowest BCUT2D eigenvalue weighted by Gasteiger charge is -2.09. The Morgan fingerprint density at radius 2 is 2.22 bits per heavy atom. The van der Waals surface area contributed by atoms with Gasteiger partial charge in [-0.25, -0.2) is 4.39 Å². The summed E-state index contributed by atoms with van der Waals surface area (Å²) in [5.74, 6) is 0.260. The van der Waals surface area contributed by atoms with Crippen molar-refractivity contribution in [1.82, 2.24) is 9.78 Å². The van der Waals surface area contributed by atoms with Gasteiger partial charge in [-0.05, 0) is 24.6 Å². The number of nitrogen functional groups attached to an aromatic ring is 1. The van der Waals surface area contributed by atoms with E-state index in [1.807, 2.05) is 6.92 Å². The van der Waals surface area contributed by atoms with Gasteiger partial charge in [0.2, 0.25) is 0 Å². The maximum Gasteiger partial charge on any atom is 0.152 e. The first-order valence-electron chi connectivity index (χ1n) is 5.56. The van der Waals surface area contributed by atoms with Gasteiger partial charge < -0.3 is 11.1 Å². The number of halogens is 2. The molecule has 4 nitrogen and oxygen atoms in total. The summed E-state index contributed by atoms with van der Waals surface area (Å²) in [6.07, 6.45) is 0.740. The van der Waals surface area contributed by atoms with Crippen molar-refractivity contribution in [2.45, 2.75) is 13.3 Å². The summed E-state index contributed by atoms with van der Waals surface area (Å²) in [5.41, 5.74) is 7.70. The van der Waals surface area contributed by atoms with Crippen molar-refractivity contribution >= 4 is 33.1 Å². The average Bonchev–Trinajstić information content (AvgIpc) is 2.59. The zero-order chi connectivity index (χ0) is 13.3. The lowest BCUT2D eigenvalue weighted by molar-refractivity contribution is 0.630. The fourth-order valence-corrected chi connectivity index (χ4v) is 2.06. The predicted molar refractivity (Wildman–Crippen MR) is 74.4 cm³/mol. The van der Waals surface area contributed by atoms with E-state index in [1.165, 1.54) is 6.07 Å². The fourth-order valence-electron chi connectivity index (χ4n) is 1.72. The smallest absolute Gasteiger partial charge is 0.152 e. The number of anilines is 3. The molecule has 2 aromatic rings. The van der Waals surface area contributed by atoms with E-state index in [2.05, 4.69) is 26.3 Å². The molecule has 0 spiro atoms. The van der Waals surface area contributed by atoms with E-state index in [-0.39, 0.29) is 5.82 Å². The van der Waals surface area contributed by atoms with Crippen LogP contribution in [-0.2, 0) is 13.5 Å². The molecule has 18 heavy (non-hydrogen) atoms. The molecule has 2 rings (SSSR count). The van der Waals surface area contributed by atoms with Gasteiger partial charge in [-0.2, -0.15) is 5.10 Å². The Hall–Kier alpha value is -1.56. The Morgan fingerprint density at radius 3 is 2.78 bits per heavy atom. The van der Waals surface area contributed by atoms with E-state index in [0.29, 0.717) is 21.7 Å². The van der Waals surface area contributed by atoms with Crippen molar-refractivity contribution in [3.63, 3.8) is 0 Å². The fraction of sp³-hybridized carbons (Fsp3) is 0.250. The molecule has 0 radical (unpaired) electrons. The van der Waals surface area contributed by atoms with Crippen molar-refractivity contribution in [1.29, 1.82) is 0 Å². The van der Waals surface area contributed by atoms with Crippen LogP contribution in [0, 0.1) is 5.82 Å². The highest BCUT2D eigenvalue weighted by Crippen LogP contribution is 2.28. The van der Waals surface area contributed by atoms with Crippen LogP contribution in [0.3, 0.4) is 0 Å². The molecular formula is C12H14BrFN4. The lowest BCUT2D eigenvalue weighted by atomic mass is 10.2. The van der Waals surface area contributed by atoms with Crippen molar-refractivity contribution in [3.8, 4) is 0 Å². The Balaban J connectivity index is 2.37. The van der Waals surface area contributed by atoms with Crippen LogP contribution >= 0.6 is 15.9 Å². The van der Waals surface area contributed by atoms with Gasteiger partial charge in [0.25, 0.3) is 0 Å². The first kappa shape index (κ1) is 12.9. The summed E-state index contributed by atoms with van der Waals surface area (Å²) >= 11 is 3.22.